The van der Waals surface area contributed by atoms with Crippen LogP contribution in [0.25, 0.3) is 5.69 Å². The van der Waals surface area contributed by atoms with Gasteiger partial charge in [-0.1, -0.05) is 26.0 Å². The summed E-state index contributed by atoms with van der Waals surface area (Å²) in [5.74, 6) is 0.600. The van der Waals surface area contributed by atoms with Crippen LogP contribution >= 0.6 is 0 Å². The molecule has 1 heterocycles. The molecule has 1 aromatic carbocycles. The number of rotatable bonds is 3. The van der Waals surface area contributed by atoms with Gasteiger partial charge in [-0.2, -0.15) is 18.3 Å². The maximum atomic E-state index is 12.4. The van der Waals surface area contributed by atoms with Crippen LogP contribution in [0.3, 0.4) is 0 Å². The molecule has 2 rings (SSSR count). The third-order valence-corrected chi connectivity index (χ3v) is 3.11. The molecule has 0 saturated heterocycles. The van der Waals surface area contributed by atoms with E-state index in [9.17, 15) is 18.3 Å². The number of aromatic nitrogens is 2. The van der Waals surface area contributed by atoms with Crippen LogP contribution in [0.4, 0.5) is 19.0 Å². The normalized spacial score (nSPS) is 13.7. The number of nitrogen functional groups attached to an aromatic ring is 1. The molecule has 0 aliphatic heterocycles. The molecule has 114 valence electrons. The molecule has 0 radical (unpaired) electrons. The molecule has 0 aliphatic carbocycles. The van der Waals surface area contributed by atoms with E-state index in [4.69, 9.17) is 5.73 Å². The van der Waals surface area contributed by atoms with Crippen molar-refractivity contribution in [3.8, 4) is 5.69 Å². The number of aliphatic hydroxyl groups is 1. The van der Waals surface area contributed by atoms with E-state index in [1.165, 1.54) is 28.9 Å². The largest absolute Gasteiger partial charge is 0.418 e. The topological polar surface area (TPSA) is 64.1 Å². The average Bonchev–Trinajstić information content (AvgIpc) is 2.79. The van der Waals surface area contributed by atoms with Gasteiger partial charge in [0.25, 0.3) is 0 Å². The zero-order chi connectivity index (χ0) is 15.8. The van der Waals surface area contributed by atoms with Crippen molar-refractivity contribution in [3.05, 3.63) is 41.6 Å². The summed E-state index contributed by atoms with van der Waals surface area (Å²) >= 11 is 0. The minimum Gasteiger partial charge on any atom is -0.384 e. The molecule has 0 spiro atoms. The van der Waals surface area contributed by atoms with Crippen LogP contribution in [0.2, 0.25) is 0 Å². The van der Waals surface area contributed by atoms with Crippen LogP contribution in [-0.4, -0.2) is 21.1 Å². The van der Waals surface area contributed by atoms with Crippen LogP contribution < -0.4 is 5.73 Å². The van der Waals surface area contributed by atoms with Crippen molar-refractivity contribution in [3.63, 3.8) is 0 Å². The van der Waals surface area contributed by atoms with Crippen molar-refractivity contribution in [1.82, 2.24) is 9.78 Å². The molecular weight excluding hydrogens is 283 g/mol. The van der Waals surface area contributed by atoms with E-state index in [0.29, 0.717) is 11.5 Å². The fourth-order valence-corrected chi connectivity index (χ4v) is 1.89. The fourth-order valence-electron chi connectivity index (χ4n) is 1.89. The van der Waals surface area contributed by atoms with Crippen LogP contribution in [0, 0.1) is 0 Å². The summed E-state index contributed by atoms with van der Waals surface area (Å²) in [5.41, 5.74) is 6.97. The highest BCUT2D eigenvalue weighted by Gasteiger charge is 2.39. The predicted octanol–water partition coefficient (Wildman–Crippen LogP) is 3.17. The van der Waals surface area contributed by atoms with Crippen LogP contribution in [0.1, 0.15) is 37.1 Å². The first kappa shape index (κ1) is 15.4. The van der Waals surface area contributed by atoms with Crippen LogP contribution in [0.15, 0.2) is 30.3 Å². The van der Waals surface area contributed by atoms with E-state index in [-0.39, 0.29) is 11.5 Å². The molecule has 1 unspecified atom stereocenters. The van der Waals surface area contributed by atoms with E-state index < -0.39 is 12.3 Å². The van der Waals surface area contributed by atoms with Crippen molar-refractivity contribution in [2.24, 2.45) is 0 Å². The molecule has 3 N–H and O–H groups in total. The lowest BCUT2D eigenvalue weighted by atomic mass is 10.1. The molecule has 0 aliphatic rings. The van der Waals surface area contributed by atoms with E-state index in [2.05, 4.69) is 5.10 Å². The lowest BCUT2D eigenvalue weighted by molar-refractivity contribution is -0.206. The Morgan fingerprint density at radius 2 is 1.76 bits per heavy atom. The molecule has 0 saturated carbocycles. The molecule has 7 heteroatoms. The molecular formula is C14H16F3N3O. The van der Waals surface area contributed by atoms with Crippen LogP contribution in [0.5, 0.6) is 0 Å². The predicted molar refractivity (Wildman–Crippen MR) is 73.1 cm³/mol. The number of alkyl halides is 3. The molecule has 0 bridgehead atoms. The molecule has 2 aromatic rings. The van der Waals surface area contributed by atoms with Gasteiger partial charge in [0, 0.05) is 6.07 Å². The summed E-state index contributed by atoms with van der Waals surface area (Å²) in [6, 6.07) is 7.03. The highest BCUT2D eigenvalue weighted by atomic mass is 19.4. The monoisotopic (exact) mass is 299 g/mol. The van der Waals surface area contributed by atoms with Gasteiger partial charge in [-0.15, -0.1) is 0 Å². The SMILES string of the molecule is CC(C)c1cc(N)n(-c2ccc(C(O)C(F)(F)F)cc2)n1. The zero-order valence-electron chi connectivity index (χ0n) is 11.6. The number of benzene rings is 1. The average molecular weight is 299 g/mol. The summed E-state index contributed by atoms with van der Waals surface area (Å²) < 4.78 is 38.7. The van der Waals surface area contributed by atoms with Crippen molar-refractivity contribution < 1.29 is 18.3 Å². The molecule has 4 nitrogen and oxygen atoms in total. The van der Waals surface area contributed by atoms with Gasteiger partial charge in [-0.25, -0.2) is 4.68 Å². The highest BCUT2D eigenvalue weighted by Crippen LogP contribution is 2.32. The number of halogens is 3. The van der Waals surface area contributed by atoms with Crippen molar-refractivity contribution in [2.75, 3.05) is 5.73 Å². The maximum Gasteiger partial charge on any atom is 0.418 e. The number of anilines is 1. The number of nitrogens with two attached hydrogens (primary N) is 1. The van der Waals surface area contributed by atoms with E-state index in [1.54, 1.807) is 6.07 Å². The fraction of sp³-hybridized carbons (Fsp3) is 0.357. The van der Waals surface area contributed by atoms with Gasteiger partial charge in [0.05, 0.1) is 11.4 Å². The van der Waals surface area contributed by atoms with Gasteiger partial charge in [-0.05, 0) is 23.6 Å². The summed E-state index contributed by atoms with van der Waals surface area (Å²) in [6.07, 6.45) is -7.18. The quantitative estimate of drug-likeness (QED) is 0.915. The zero-order valence-corrected chi connectivity index (χ0v) is 11.6. The van der Waals surface area contributed by atoms with Gasteiger partial charge in [-0.3, -0.25) is 0 Å². The number of nitrogens with zero attached hydrogens (tertiary/aromatic N) is 2. The van der Waals surface area contributed by atoms with Gasteiger partial charge < -0.3 is 10.8 Å². The van der Waals surface area contributed by atoms with Gasteiger partial charge >= 0.3 is 6.18 Å². The minimum atomic E-state index is -4.68. The second-order valence-electron chi connectivity index (χ2n) is 5.10. The Morgan fingerprint density at radius 3 is 2.19 bits per heavy atom. The highest BCUT2D eigenvalue weighted by molar-refractivity contribution is 5.44. The second-order valence-corrected chi connectivity index (χ2v) is 5.10. The lowest BCUT2D eigenvalue weighted by Gasteiger charge is -2.15. The number of aliphatic hydroxyl groups excluding tert-OH is 1. The number of hydrogen-bond donors (Lipinski definition) is 2. The summed E-state index contributed by atoms with van der Waals surface area (Å²) in [6.45, 7) is 3.93. The van der Waals surface area contributed by atoms with E-state index in [0.717, 1.165) is 5.69 Å². The Kier molecular flexibility index (Phi) is 3.95. The Hall–Kier alpha value is -2.02. The van der Waals surface area contributed by atoms with Crippen molar-refractivity contribution in [2.45, 2.75) is 32.0 Å². The summed E-state index contributed by atoms with van der Waals surface area (Å²) in [4.78, 5) is 0. The van der Waals surface area contributed by atoms with E-state index in [1.807, 2.05) is 13.8 Å². The minimum absolute atomic E-state index is 0.194. The lowest BCUT2D eigenvalue weighted by Crippen LogP contribution is -2.20. The second kappa shape index (κ2) is 5.40. The maximum absolute atomic E-state index is 12.4. The third-order valence-electron chi connectivity index (χ3n) is 3.11. The summed E-state index contributed by atoms with van der Waals surface area (Å²) in [7, 11) is 0. The smallest absolute Gasteiger partial charge is 0.384 e. The first-order valence-electron chi connectivity index (χ1n) is 6.40. The molecule has 1 atom stereocenters. The Balaban J connectivity index is 2.31. The standard InChI is InChI=1S/C14H16F3N3O/c1-8(2)11-7-12(18)20(19-11)10-5-3-9(4-6-10)13(21)14(15,16)17/h3-8,13,21H,18H2,1-2H3. The Bertz CT molecular complexity index is 617. The Labute approximate surface area is 120 Å². The van der Waals surface area contributed by atoms with Gasteiger partial charge in [0.1, 0.15) is 5.82 Å². The first-order valence-corrected chi connectivity index (χ1v) is 6.40. The van der Waals surface area contributed by atoms with E-state index >= 15 is 0 Å². The molecule has 1 aromatic heterocycles. The first-order chi connectivity index (χ1) is 9.70. The number of hydrogen-bond acceptors (Lipinski definition) is 3. The van der Waals surface area contributed by atoms with Crippen LogP contribution in [-0.2, 0) is 0 Å². The molecule has 0 amide bonds. The van der Waals surface area contributed by atoms with Crippen molar-refractivity contribution in [1.29, 1.82) is 0 Å². The Morgan fingerprint density at radius 1 is 1.19 bits per heavy atom. The third kappa shape index (κ3) is 3.18. The van der Waals surface area contributed by atoms with Gasteiger partial charge in [0.2, 0.25) is 0 Å². The summed E-state index contributed by atoms with van der Waals surface area (Å²) in [5, 5.41) is 13.5. The van der Waals surface area contributed by atoms with Gasteiger partial charge in [0.15, 0.2) is 6.10 Å². The van der Waals surface area contributed by atoms with Crippen molar-refractivity contribution >= 4 is 5.82 Å². The molecule has 21 heavy (non-hydrogen) atoms. The molecule has 0 fully saturated rings.